The van der Waals surface area contributed by atoms with E-state index in [9.17, 15) is 33.9 Å². The van der Waals surface area contributed by atoms with Crippen LogP contribution in [0.25, 0.3) is 0 Å². The summed E-state index contributed by atoms with van der Waals surface area (Å²) in [5.41, 5.74) is 26.0. The number of hydrogen-bond acceptors (Lipinski definition) is 9. The predicted octanol–water partition coefficient (Wildman–Crippen LogP) is -5.41. The Morgan fingerprint density at radius 2 is 1.29 bits per heavy atom. The Labute approximate surface area is 200 Å². The van der Waals surface area contributed by atoms with E-state index in [0.29, 0.717) is 0 Å². The first-order valence-electron chi connectivity index (χ1n) is 9.90. The minimum absolute atomic E-state index is 0.0107. The van der Waals surface area contributed by atoms with Gasteiger partial charge in [-0.05, 0) is 12.8 Å². The summed E-state index contributed by atoms with van der Waals surface area (Å²) in [6.07, 6.45) is -0.934. The van der Waals surface area contributed by atoms with Crippen LogP contribution < -0.4 is 44.6 Å². The molecule has 0 aliphatic carbocycles. The van der Waals surface area contributed by atoms with E-state index in [2.05, 4.69) is 33.6 Å². The zero-order chi connectivity index (χ0) is 26.4. The average molecular weight is 506 g/mol. The number of primary amides is 2. The van der Waals surface area contributed by atoms with E-state index in [1.807, 2.05) is 0 Å². The molecule has 0 spiro atoms. The fraction of sp³-hybridized carbons (Fsp3) is 0.588. The zero-order valence-corrected chi connectivity index (χ0v) is 19.1. The van der Waals surface area contributed by atoms with Crippen molar-refractivity contribution in [2.24, 2.45) is 33.7 Å². The summed E-state index contributed by atoms with van der Waals surface area (Å²) in [4.78, 5) is 74.6. The van der Waals surface area contributed by atoms with E-state index in [0.717, 1.165) is 0 Å². The fourth-order valence-electron chi connectivity index (χ4n) is 2.50. The van der Waals surface area contributed by atoms with Crippen LogP contribution >= 0.6 is 12.6 Å². The van der Waals surface area contributed by atoms with Crippen molar-refractivity contribution in [3.8, 4) is 0 Å². The number of carboxylic acid groups (broad SMARTS) is 1. The normalized spacial score (nSPS) is 13.9. The van der Waals surface area contributed by atoms with E-state index in [-0.39, 0.29) is 31.1 Å². The summed E-state index contributed by atoms with van der Waals surface area (Å²) < 4.78 is 0. The highest BCUT2D eigenvalue weighted by Gasteiger charge is 2.30. The van der Waals surface area contributed by atoms with E-state index in [1.54, 1.807) is 0 Å². The molecule has 192 valence electrons. The van der Waals surface area contributed by atoms with Crippen molar-refractivity contribution in [3.05, 3.63) is 0 Å². The Bertz CT molecular complexity index is 804. The lowest BCUT2D eigenvalue weighted by Crippen LogP contribution is -2.58. The molecular formula is C17H31N9O7S. The van der Waals surface area contributed by atoms with Crippen molar-refractivity contribution in [2.45, 2.75) is 49.9 Å². The Kier molecular flexibility index (Phi) is 13.7. The molecule has 17 heteroatoms. The molecule has 0 aliphatic heterocycles. The molecule has 0 saturated heterocycles. The number of aliphatic imine (C=N–C) groups is 1. The Hall–Kier alpha value is -3.60. The topological polar surface area (TPSA) is 301 Å². The van der Waals surface area contributed by atoms with Gasteiger partial charge in [-0.1, -0.05) is 0 Å². The standard InChI is InChI=1S/C17H31N9O7S/c18-7(4-11(19)27)13(29)25-9(5-12(20)28)14(30)26-10(6-34)15(31)24-8(16(32)33)2-1-3-23-17(21)22/h7-10,34H,1-6,18H2,(H2,19,27)(H2,20,28)(H,24,31)(H,25,29)(H,26,30)(H,32,33)(H4,21,22,23). The molecule has 0 aromatic carbocycles. The van der Waals surface area contributed by atoms with Crippen molar-refractivity contribution in [2.75, 3.05) is 12.3 Å². The second-order valence-electron chi connectivity index (χ2n) is 7.10. The molecule has 0 aliphatic rings. The highest BCUT2D eigenvalue weighted by molar-refractivity contribution is 7.80. The number of nitrogens with one attached hydrogen (secondary N) is 3. The lowest BCUT2D eigenvalue weighted by Gasteiger charge is -2.23. The summed E-state index contributed by atoms with van der Waals surface area (Å²) in [6.45, 7) is 0.140. The van der Waals surface area contributed by atoms with Crippen LogP contribution in [-0.2, 0) is 28.8 Å². The van der Waals surface area contributed by atoms with Crippen molar-refractivity contribution in [1.82, 2.24) is 16.0 Å². The molecule has 0 aromatic heterocycles. The second-order valence-corrected chi connectivity index (χ2v) is 7.47. The number of nitrogens with two attached hydrogens (primary N) is 5. The third-order valence-corrected chi connectivity index (χ3v) is 4.54. The van der Waals surface area contributed by atoms with Crippen LogP contribution in [0.2, 0.25) is 0 Å². The SMILES string of the molecule is NC(=O)CC(N)C(=O)NC(CC(N)=O)C(=O)NC(CS)C(=O)NC(CCCN=C(N)N)C(=O)O. The zero-order valence-electron chi connectivity index (χ0n) is 18.2. The van der Waals surface area contributed by atoms with Crippen LogP contribution in [0.1, 0.15) is 25.7 Å². The highest BCUT2D eigenvalue weighted by Crippen LogP contribution is 2.02. The monoisotopic (exact) mass is 505 g/mol. The largest absolute Gasteiger partial charge is 0.480 e. The molecule has 0 fully saturated rings. The van der Waals surface area contributed by atoms with Crippen molar-refractivity contribution < 1.29 is 33.9 Å². The van der Waals surface area contributed by atoms with Crippen molar-refractivity contribution in [3.63, 3.8) is 0 Å². The number of carbonyl (C=O) groups is 6. The van der Waals surface area contributed by atoms with Crippen LogP contribution in [0.15, 0.2) is 4.99 Å². The molecule has 0 saturated carbocycles. The van der Waals surface area contributed by atoms with Gasteiger partial charge in [0.15, 0.2) is 5.96 Å². The minimum atomic E-state index is -1.53. The van der Waals surface area contributed by atoms with Crippen molar-refractivity contribution in [1.29, 1.82) is 0 Å². The van der Waals surface area contributed by atoms with Gasteiger partial charge in [0.1, 0.15) is 18.1 Å². The third-order valence-electron chi connectivity index (χ3n) is 4.17. The van der Waals surface area contributed by atoms with Gasteiger partial charge in [-0.3, -0.25) is 29.0 Å². The summed E-state index contributed by atoms with van der Waals surface area (Å²) in [5.74, 6) is -6.40. The fourth-order valence-corrected chi connectivity index (χ4v) is 2.76. The Balaban J connectivity index is 5.22. The van der Waals surface area contributed by atoms with Crippen LogP contribution in [0, 0.1) is 0 Å². The maximum absolute atomic E-state index is 12.6. The average Bonchev–Trinajstić information content (AvgIpc) is 2.71. The summed E-state index contributed by atoms with van der Waals surface area (Å²) >= 11 is 3.97. The molecule has 4 unspecified atom stereocenters. The summed E-state index contributed by atoms with van der Waals surface area (Å²) in [5, 5.41) is 16.0. The molecule has 14 N–H and O–H groups in total. The Morgan fingerprint density at radius 3 is 1.76 bits per heavy atom. The molecule has 0 radical (unpaired) electrons. The number of thiol groups is 1. The molecule has 34 heavy (non-hydrogen) atoms. The van der Waals surface area contributed by atoms with Gasteiger partial charge >= 0.3 is 5.97 Å². The molecule has 0 rings (SSSR count). The lowest BCUT2D eigenvalue weighted by atomic mass is 10.1. The number of carbonyl (C=O) groups excluding carboxylic acids is 5. The van der Waals surface area contributed by atoms with Gasteiger partial charge in [0.2, 0.25) is 29.5 Å². The molecule has 0 bridgehead atoms. The van der Waals surface area contributed by atoms with Crippen LogP contribution in [0.5, 0.6) is 0 Å². The maximum atomic E-state index is 12.6. The number of amides is 5. The second kappa shape index (κ2) is 15.3. The first-order valence-corrected chi connectivity index (χ1v) is 10.5. The van der Waals surface area contributed by atoms with Gasteiger partial charge in [-0.2, -0.15) is 12.6 Å². The maximum Gasteiger partial charge on any atom is 0.326 e. The number of rotatable bonds is 16. The predicted molar refractivity (Wildman–Crippen MR) is 123 cm³/mol. The number of carboxylic acids is 1. The summed E-state index contributed by atoms with van der Waals surface area (Å²) in [6, 6.07) is -5.57. The van der Waals surface area contributed by atoms with Gasteiger partial charge < -0.3 is 49.7 Å². The van der Waals surface area contributed by atoms with E-state index in [1.165, 1.54) is 0 Å². The minimum Gasteiger partial charge on any atom is -0.480 e. The van der Waals surface area contributed by atoms with Crippen LogP contribution in [-0.4, -0.2) is 83.0 Å². The van der Waals surface area contributed by atoms with Crippen LogP contribution in [0.4, 0.5) is 0 Å². The van der Waals surface area contributed by atoms with Gasteiger partial charge in [0.25, 0.3) is 0 Å². The van der Waals surface area contributed by atoms with Crippen molar-refractivity contribution >= 4 is 54.1 Å². The Morgan fingerprint density at radius 1 is 0.794 bits per heavy atom. The number of nitrogens with zero attached hydrogens (tertiary/aromatic N) is 1. The van der Waals surface area contributed by atoms with E-state index >= 15 is 0 Å². The van der Waals surface area contributed by atoms with Gasteiger partial charge in [-0.25, -0.2) is 4.79 Å². The van der Waals surface area contributed by atoms with Gasteiger partial charge in [0, 0.05) is 12.3 Å². The summed E-state index contributed by atoms with van der Waals surface area (Å²) in [7, 11) is 0. The first kappa shape index (κ1) is 30.4. The first-order chi connectivity index (χ1) is 15.8. The smallest absolute Gasteiger partial charge is 0.326 e. The van der Waals surface area contributed by atoms with Gasteiger partial charge in [0.05, 0.1) is 18.9 Å². The highest BCUT2D eigenvalue weighted by atomic mass is 32.1. The molecular weight excluding hydrogens is 474 g/mol. The number of aliphatic carboxylic acids is 1. The molecule has 0 aromatic rings. The third kappa shape index (κ3) is 12.4. The molecule has 16 nitrogen and oxygen atoms in total. The van der Waals surface area contributed by atoms with Gasteiger partial charge in [-0.15, -0.1) is 0 Å². The molecule has 4 atom stereocenters. The quantitative estimate of drug-likeness (QED) is 0.0410. The van der Waals surface area contributed by atoms with E-state index in [4.69, 9.17) is 28.7 Å². The molecule has 5 amide bonds. The lowest BCUT2D eigenvalue weighted by molar-refractivity contribution is -0.142. The molecule has 0 heterocycles. The number of guanidine groups is 1. The van der Waals surface area contributed by atoms with E-state index < -0.39 is 72.5 Å². The van der Waals surface area contributed by atoms with Crippen LogP contribution in [0.3, 0.4) is 0 Å². The number of hydrogen-bond donors (Lipinski definition) is 10.